The van der Waals surface area contributed by atoms with Crippen LogP contribution in [0.5, 0.6) is 0 Å². The third kappa shape index (κ3) is 7.83. The highest BCUT2D eigenvalue weighted by Gasteiger charge is 2.19. The van der Waals surface area contributed by atoms with E-state index in [4.69, 9.17) is 0 Å². The van der Waals surface area contributed by atoms with Gasteiger partial charge >= 0.3 is 0 Å². The van der Waals surface area contributed by atoms with Crippen LogP contribution in [0, 0.1) is 6.92 Å². The number of aromatic amines is 1. The third-order valence-electron chi connectivity index (χ3n) is 9.29. The first-order valence-electron chi connectivity index (χ1n) is 16.4. The average Bonchev–Trinajstić information content (AvgIpc) is 3.71. The number of hydrogen-bond acceptors (Lipinski definition) is 3. The van der Waals surface area contributed by atoms with E-state index in [0.29, 0.717) is 0 Å². The fraction of sp³-hybridized carbons (Fsp3) is 0.639. The molecule has 1 N–H and O–H groups in total. The monoisotopic (exact) mass is 540 g/mol. The van der Waals surface area contributed by atoms with Crippen molar-refractivity contribution in [2.45, 2.75) is 150 Å². The first kappa shape index (κ1) is 29.0. The fourth-order valence-electron chi connectivity index (χ4n) is 7.33. The molecule has 4 heterocycles. The normalized spacial score (nSPS) is 22.8. The summed E-state index contributed by atoms with van der Waals surface area (Å²) in [6, 6.07) is 2.29. The summed E-state index contributed by atoms with van der Waals surface area (Å²) >= 11 is 0. The Morgan fingerprint density at radius 3 is 1.25 bits per heavy atom. The summed E-state index contributed by atoms with van der Waals surface area (Å²) < 4.78 is 0. The second-order valence-electron chi connectivity index (χ2n) is 13.0. The van der Waals surface area contributed by atoms with Gasteiger partial charge in [0.05, 0.1) is 0 Å². The van der Waals surface area contributed by atoms with Crippen molar-refractivity contribution in [1.29, 1.82) is 0 Å². The molecule has 4 heteroatoms. The Morgan fingerprint density at radius 2 is 0.850 bits per heavy atom. The van der Waals surface area contributed by atoms with Crippen LogP contribution >= 0.6 is 0 Å². The maximum Gasteiger partial charge on any atom is 0.0398 e. The Labute approximate surface area is 243 Å². The molecule has 0 unspecified atom stereocenters. The number of aliphatic imine (C=N–C) groups is 3. The molecule has 0 aromatic carbocycles. The molecule has 40 heavy (non-hydrogen) atoms. The van der Waals surface area contributed by atoms with E-state index in [1.807, 2.05) is 0 Å². The highest BCUT2D eigenvalue weighted by Crippen LogP contribution is 2.34. The average molecular weight is 541 g/mol. The van der Waals surface area contributed by atoms with Gasteiger partial charge in [-0.3, -0.25) is 15.0 Å². The zero-order chi connectivity index (χ0) is 27.9. The van der Waals surface area contributed by atoms with E-state index < -0.39 is 0 Å². The molecule has 1 aromatic heterocycles. The Balaban J connectivity index is 0.000000108. The number of hydrogen-bond donors (Lipinski definition) is 1. The number of aromatic nitrogens is 1. The van der Waals surface area contributed by atoms with Crippen molar-refractivity contribution in [2.75, 3.05) is 0 Å². The number of H-pyrrole nitrogens is 1. The van der Waals surface area contributed by atoms with Crippen LogP contribution in [0.4, 0.5) is 0 Å². The van der Waals surface area contributed by atoms with Crippen molar-refractivity contribution in [3.63, 3.8) is 0 Å². The molecule has 0 fully saturated rings. The van der Waals surface area contributed by atoms with Crippen LogP contribution in [-0.2, 0) is 12.8 Å². The molecule has 1 aromatic rings. The molecule has 0 spiro atoms. The van der Waals surface area contributed by atoms with Gasteiger partial charge < -0.3 is 4.98 Å². The van der Waals surface area contributed by atoms with Crippen molar-refractivity contribution in [1.82, 2.24) is 4.98 Å². The van der Waals surface area contributed by atoms with E-state index in [-0.39, 0.29) is 0 Å². The summed E-state index contributed by atoms with van der Waals surface area (Å²) in [6.07, 6.45) is 24.8. The van der Waals surface area contributed by atoms with Gasteiger partial charge in [0.1, 0.15) is 0 Å². The molecule has 0 saturated carbocycles. The molecule has 7 aliphatic rings. The molecule has 0 radical (unpaired) electrons. The van der Waals surface area contributed by atoms with Crippen LogP contribution in [0.15, 0.2) is 54.9 Å². The molecule has 0 amide bonds. The van der Waals surface area contributed by atoms with Crippen molar-refractivity contribution in [3.05, 3.63) is 56.8 Å². The van der Waals surface area contributed by atoms with Gasteiger partial charge in [-0.1, -0.05) is 0 Å². The summed E-state index contributed by atoms with van der Waals surface area (Å²) in [5.41, 5.74) is 17.5. The summed E-state index contributed by atoms with van der Waals surface area (Å²) in [5, 5.41) is 0. The van der Waals surface area contributed by atoms with Crippen molar-refractivity contribution in [3.8, 4) is 0 Å². The maximum absolute atomic E-state index is 4.51. The zero-order valence-electron chi connectivity index (χ0n) is 25.9. The third-order valence-corrected chi connectivity index (χ3v) is 9.29. The second-order valence-corrected chi connectivity index (χ2v) is 13.0. The predicted molar refractivity (Wildman–Crippen MR) is 172 cm³/mol. The van der Waals surface area contributed by atoms with Crippen LogP contribution in [0.1, 0.15) is 147 Å². The summed E-state index contributed by atoms with van der Waals surface area (Å²) in [5.74, 6) is 0. The Bertz CT molecular complexity index is 1120. The topological polar surface area (TPSA) is 52.9 Å². The zero-order valence-corrected chi connectivity index (χ0v) is 25.9. The van der Waals surface area contributed by atoms with Gasteiger partial charge in [-0.2, -0.15) is 0 Å². The first-order chi connectivity index (χ1) is 19.4. The van der Waals surface area contributed by atoms with E-state index in [1.165, 1.54) is 168 Å². The van der Waals surface area contributed by atoms with Gasteiger partial charge in [0.2, 0.25) is 0 Å². The van der Waals surface area contributed by atoms with Gasteiger partial charge in [0, 0.05) is 64.9 Å². The molecular formula is C36H52N4. The van der Waals surface area contributed by atoms with Crippen LogP contribution < -0.4 is 0 Å². The number of allylic oxidation sites excluding steroid dienone is 6. The van der Waals surface area contributed by atoms with Crippen LogP contribution in [0.2, 0.25) is 0 Å². The summed E-state index contributed by atoms with van der Waals surface area (Å²) in [7, 11) is 0. The van der Waals surface area contributed by atoms with Gasteiger partial charge in [-0.05, 0) is 159 Å². The van der Waals surface area contributed by atoms with Crippen LogP contribution in [0.25, 0.3) is 0 Å². The summed E-state index contributed by atoms with van der Waals surface area (Å²) in [6.45, 7) is 8.55. The first-order valence-corrected chi connectivity index (χ1v) is 16.4. The lowest BCUT2D eigenvalue weighted by Gasteiger charge is -2.10. The number of rotatable bonds is 0. The molecule has 4 nitrogen and oxygen atoms in total. The molecule has 0 saturated heterocycles. The van der Waals surface area contributed by atoms with Gasteiger partial charge in [-0.15, -0.1) is 0 Å². The smallest absolute Gasteiger partial charge is 0.0398 e. The number of nitrogens with one attached hydrogen (secondary N) is 1. The lowest BCUT2D eigenvalue weighted by molar-refractivity contribution is 0.670. The quantitative estimate of drug-likeness (QED) is 0.340. The molecule has 3 aliphatic heterocycles. The van der Waals surface area contributed by atoms with Gasteiger partial charge in [-0.25, -0.2) is 0 Å². The largest absolute Gasteiger partial charge is 0.362 e. The minimum absolute atomic E-state index is 1.18. The molecule has 0 bridgehead atoms. The predicted octanol–water partition coefficient (Wildman–Crippen LogP) is 10.2. The summed E-state index contributed by atoms with van der Waals surface area (Å²) in [4.78, 5) is 16.9. The minimum Gasteiger partial charge on any atom is -0.362 e. The van der Waals surface area contributed by atoms with E-state index in [2.05, 4.69) is 53.7 Å². The van der Waals surface area contributed by atoms with E-state index in [9.17, 15) is 0 Å². The Kier molecular flexibility index (Phi) is 10.1. The molecule has 0 atom stereocenters. The number of nitrogens with zero attached hydrogens (tertiary/aromatic N) is 3. The maximum atomic E-state index is 4.51. The van der Waals surface area contributed by atoms with E-state index in [0.717, 1.165) is 0 Å². The highest BCUT2D eigenvalue weighted by atomic mass is 14.8. The van der Waals surface area contributed by atoms with Crippen molar-refractivity contribution >= 4 is 17.1 Å². The number of aryl methyl sites for hydroxylation is 3. The van der Waals surface area contributed by atoms with Crippen molar-refractivity contribution in [2.24, 2.45) is 15.0 Å². The van der Waals surface area contributed by atoms with Crippen molar-refractivity contribution < 1.29 is 0 Å². The highest BCUT2D eigenvalue weighted by molar-refractivity contribution is 5.88. The van der Waals surface area contributed by atoms with Crippen LogP contribution in [0.3, 0.4) is 0 Å². The standard InChI is InChI=1S/4C9H13N/c4*1-7-6-8-4-2-3-5-9(8)10-7/h3*2-6H2,1H3;6,10H,2-5H2,1H3. The number of fused-ring (bicyclic) bond motifs is 1. The fourth-order valence-corrected chi connectivity index (χ4v) is 7.33. The molecule has 4 aliphatic carbocycles. The lowest BCUT2D eigenvalue weighted by Crippen LogP contribution is -1.99. The SMILES string of the molecule is CC1=NC2=C(CCCC2)C1.CC1=NC2=C(CCCC2)C1.CC1=NC2=C(CCCC2)C1.Cc1cc2c([nH]1)CCCC2. The Morgan fingerprint density at radius 1 is 0.475 bits per heavy atom. The van der Waals surface area contributed by atoms with Gasteiger partial charge in [0.15, 0.2) is 0 Å². The van der Waals surface area contributed by atoms with Gasteiger partial charge in [0.25, 0.3) is 0 Å². The van der Waals surface area contributed by atoms with E-state index >= 15 is 0 Å². The van der Waals surface area contributed by atoms with E-state index in [1.54, 1.807) is 22.3 Å². The van der Waals surface area contributed by atoms with Crippen LogP contribution in [-0.4, -0.2) is 22.1 Å². The molecule has 8 rings (SSSR count). The second kappa shape index (κ2) is 13.9. The molecule has 216 valence electrons. The Hall–Kier alpha value is -2.49. The molecular weight excluding hydrogens is 488 g/mol. The minimum atomic E-state index is 1.18. The lowest BCUT2D eigenvalue weighted by atomic mass is 9.96.